The molecule has 0 heterocycles. The molecule has 1 rings (SSSR count). The first-order valence-corrected chi connectivity index (χ1v) is 7.38. The number of nitro benzene ring substituents is 1. The van der Waals surface area contributed by atoms with Crippen LogP contribution < -0.4 is 9.47 Å². The topological polar surface area (TPSA) is 70.8 Å². The molecule has 1 aromatic carbocycles. The summed E-state index contributed by atoms with van der Waals surface area (Å²) in [5, 5.41) is 11.4. The quantitative estimate of drug-likeness (QED) is 0.296. The van der Waals surface area contributed by atoms with E-state index in [0.29, 0.717) is 48.6 Å². The van der Waals surface area contributed by atoms with Crippen molar-refractivity contribution in [3.05, 3.63) is 27.8 Å². The Bertz CT molecular complexity index is 453. The first kappa shape index (κ1) is 16.7. The van der Waals surface area contributed by atoms with Crippen LogP contribution in [0.1, 0.15) is 18.9 Å². The van der Waals surface area contributed by atoms with Crippen LogP contribution in [0.5, 0.6) is 11.5 Å². The smallest absolute Gasteiger partial charge is 0.277 e. The fourth-order valence-electron chi connectivity index (χ4n) is 1.63. The van der Waals surface area contributed by atoms with E-state index in [9.17, 15) is 10.1 Å². The SMILES string of the molecule is CCOCCCOc1cc([N+](=O)[O-])c(CBr)cc1OC. The van der Waals surface area contributed by atoms with E-state index in [0.717, 1.165) is 0 Å². The van der Waals surface area contributed by atoms with E-state index >= 15 is 0 Å². The van der Waals surface area contributed by atoms with Crippen molar-refractivity contribution in [2.45, 2.75) is 18.7 Å². The van der Waals surface area contributed by atoms with Gasteiger partial charge in [0.05, 0.1) is 24.7 Å². The third kappa shape index (κ3) is 4.64. The van der Waals surface area contributed by atoms with Gasteiger partial charge in [-0.05, 0) is 13.0 Å². The van der Waals surface area contributed by atoms with Gasteiger partial charge >= 0.3 is 0 Å². The maximum Gasteiger partial charge on any atom is 0.277 e. The zero-order chi connectivity index (χ0) is 15.0. The molecule has 20 heavy (non-hydrogen) atoms. The van der Waals surface area contributed by atoms with Gasteiger partial charge < -0.3 is 14.2 Å². The molecule has 7 heteroatoms. The predicted molar refractivity (Wildman–Crippen MR) is 78.9 cm³/mol. The minimum Gasteiger partial charge on any atom is -0.493 e. The van der Waals surface area contributed by atoms with E-state index in [1.807, 2.05) is 6.92 Å². The van der Waals surface area contributed by atoms with Gasteiger partial charge in [-0.25, -0.2) is 0 Å². The molecule has 0 spiro atoms. The minimum atomic E-state index is -0.427. The molecular formula is C13H18BrNO5. The maximum absolute atomic E-state index is 11.0. The average Bonchev–Trinajstić information content (AvgIpc) is 2.46. The molecule has 6 nitrogen and oxygen atoms in total. The molecule has 0 unspecified atom stereocenters. The molecule has 0 aliphatic carbocycles. The summed E-state index contributed by atoms with van der Waals surface area (Å²) in [6.07, 6.45) is 0.713. The van der Waals surface area contributed by atoms with E-state index in [2.05, 4.69) is 15.9 Å². The first-order valence-electron chi connectivity index (χ1n) is 6.25. The van der Waals surface area contributed by atoms with Crippen LogP contribution in [0.15, 0.2) is 12.1 Å². The lowest BCUT2D eigenvalue weighted by atomic mass is 10.2. The van der Waals surface area contributed by atoms with Gasteiger partial charge in [-0.15, -0.1) is 0 Å². The summed E-state index contributed by atoms with van der Waals surface area (Å²) in [5.74, 6) is 0.863. The van der Waals surface area contributed by atoms with Gasteiger partial charge in [0.1, 0.15) is 0 Å². The van der Waals surface area contributed by atoms with Crippen LogP contribution in [-0.4, -0.2) is 31.9 Å². The summed E-state index contributed by atoms with van der Waals surface area (Å²) in [5.41, 5.74) is 0.566. The van der Waals surface area contributed by atoms with Crippen LogP contribution in [0, 0.1) is 10.1 Å². The number of rotatable bonds is 9. The van der Waals surface area contributed by atoms with E-state index < -0.39 is 4.92 Å². The largest absolute Gasteiger partial charge is 0.493 e. The zero-order valence-electron chi connectivity index (χ0n) is 11.6. The molecule has 112 valence electrons. The van der Waals surface area contributed by atoms with Crippen molar-refractivity contribution >= 4 is 21.6 Å². The van der Waals surface area contributed by atoms with Crippen LogP contribution in [0.4, 0.5) is 5.69 Å². The molecule has 0 aliphatic rings. The number of nitro groups is 1. The zero-order valence-corrected chi connectivity index (χ0v) is 13.1. The Kier molecular flexibility index (Phi) is 7.32. The van der Waals surface area contributed by atoms with Crippen molar-refractivity contribution in [1.82, 2.24) is 0 Å². The van der Waals surface area contributed by atoms with Gasteiger partial charge in [0.15, 0.2) is 11.5 Å². The number of methoxy groups -OCH3 is 1. The number of benzene rings is 1. The Balaban J connectivity index is 2.82. The number of alkyl halides is 1. The summed E-state index contributed by atoms with van der Waals surface area (Å²) in [6, 6.07) is 3.01. The Hall–Kier alpha value is -1.34. The third-order valence-corrected chi connectivity index (χ3v) is 3.20. The molecule has 0 saturated carbocycles. The lowest BCUT2D eigenvalue weighted by Gasteiger charge is -2.12. The molecule has 0 radical (unpaired) electrons. The molecular weight excluding hydrogens is 330 g/mol. The highest BCUT2D eigenvalue weighted by molar-refractivity contribution is 9.08. The second-order valence-electron chi connectivity index (χ2n) is 3.92. The molecule has 0 aromatic heterocycles. The lowest BCUT2D eigenvalue weighted by Crippen LogP contribution is -2.05. The highest BCUT2D eigenvalue weighted by atomic mass is 79.9. The Labute approximate surface area is 126 Å². The van der Waals surface area contributed by atoms with E-state index in [1.165, 1.54) is 13.2 Å². The van der Waals surface area contributed by atoms with Crippen molar-refractivity contribution < 1.29 is 19.1 Å². The van der Waals surface area contributed by atoms with Gasteiger partial charge in [-0.3, -0.25) is 10.1 Å². The van der Waals surface area contributed by atoms with Gasteiger partial charge in [0.25, 0.3) is 5.69 Å². The van der Waals surface area contributed by atoms with E-state index in [4.69, 9.17) is 14.2 Å². The summed E-state index contributed by atoms with van der Waals surface area (Å²) < 4.78 is 15.9. The van der Waals surface area contributed by atoms with Crippen molar-refractivity contribution in [3.63, 3.8) is 0 Å². The fraction of sp³-hybridized carbons (Fsp3) is 0.538. The third-order valence-electron chi connectivity index (χ3n) is 2.60. The van der Waals surface area contributed by atoms with E-state index in [-0.39, 0.29) is 5.69 Å². The van der Waals surface area contributed by atoms with Crippen LogP contribution in [0.3, 0.4) is 0 Å². The maximum atomic E-state index is 11.0. The summed E-state index contributed by atoms with van der Waals surface area (Å²) in [4.78, 5) is 10.6. The van der Waals surface area contributed by atoms with Crippen LogP contribution in [0.2, 0.25) is 0 Å². The van der Waals surface area contributed by atoms with E-state index in [1.54, 1.807) is 6.07 Å². The highest BCUT2D eigenvalue weighted by Crippen LogP contribution is 2.35. The molecule has 0 bridgehead atoms. The molecule has 0 N–H and O–H groups in total. The number of hydrogen-bond acceptors (Lipinski definition) is 5. The van der Waals surface area contributed by atoms with Crippen molar-refractivity contribution in [3.8, 4) is 11.5 Å². The number of ether oxygens (including phenoxy) is 3. The first-order chi connectivity index (χ1) is 9.63. The number of halogens is 1. The van der Waals surface area contributed by atoms with Crippen molar-refractivity contribution in [1.29, 1.82) is 0 Å². The van der Waals surface area contributed by atoms with Gasteiger partial charge in [0.2, 0.25) is 0 Å². The predicted octanol–water partition coefficient (Wildman–Crippen LogP) is 3.30. The second kappa shape index (κ2) is 8.76. The summed E-state index contributed by atoms with van der Waals surface area (Å²) in [6.45, 7) is 3.60. The van der Waals surface area contributed by atoms with Crippen LogP contribution in [-0.2, 0) is 10.1 Å². The normalized spacial score (nSPS) is 10.3. The molecule has 0 fully saturated rings. The Morgan fingerprint density at radius 1 is 1.30 bits per heavy atom. The van der Waals surface area contributed by atoms with Crippen LogP contribution in [0.25, 0.3) is 0 Å². The fourth-order valence-corrected chi connectivity index (χ4v) is 2.08. The van der Waals surface area contributed by atoms with Gasteiger partial charge in [-0.1, -0.05) is 15.9 Å². The number of hydrogen-bond donors (Lipinski definition) is 0. The summed E-state index contributed by atoms with van der Waals surface area (Å²) >= 11 is 3.23. The lowest BCUT2D eigenvalue weighted by molar-refractivity contribution is -0.385. The molecule has 0 saturated heterocycles. The summed E-state index contributed by atoms with van der Waals surface area (Å²) in [7, 11) is 1.51. The molecule has 0 aliphatic heterocycles. The average molecular weight is 348 g/mol. The Morgan fingerprint density at radius 2 is 2.05 bits per heavy atom. The minimum absolute atomic E-state index is 0.0162. The Morgan fingerprint density at radius 3 is 2.60 bits per heavy atom. The standard InChI is InChI=1S/C13H18BrNO5/c1-3-19-5-4-6-20-13-8-11(15(16)17)10(9-14)7-12(13)18-2/h7-8H,3-6,9H2,1-2H3. The molecule has 0 atom stereocenters. The molecule has 0 amide bonds. The van der Waals surface area contributed by atoms with Crippen molar-refractivity contribution in [2.24, 2.45) is 0 Å². The van der Waals surface area contributed by atoms with Gasteiger partial charge in [0, 0.05) is 30.5 Å². The molecule has 1 aromatic rings. The van der Waals surface area contributed by atoms with Crippen molar-refractivity contribution in [2.75, 3.05) is 26.9 Å². The van der Waals surface area contributed by atoms with Gasteiger partial charge in [-0.2, -0.15) is 0 Å². The second-order valence-corrected chi connectivity index (χ2v) is 4.48. The number of nitrogens with zero attached hydrogens (tertiary/aromatic N) is 1. The highest BCUT2D eigenvalue weighted by Gasteiger charge is 2.18. The monoisotopic (exact) mass is 347 g/mol. The van der Waals surface area contributed by atoms with Crippen LogP contribution >= 0.6 is 15.9 Å².